The average molecular weight is 268 g/mol. The van der Waals surface area contributed by atoms with Crippen LogP contribution < -0.4 is 5.73 Å². The summed E-state index contributed by atoms with van der Waals surface area (Å²) in [4.78, 5) is 2.71. The summed E-state index contributed by atoms with van der Waals surface area (Å²) in [5.74, 6) is 0.952. The number of hydrogen-bond acceptors (Lipinski definition) is 3. The van der Waals surface area contributed by atoms with Crippen LogP contribution >= 0.6 is 0 Å². The lowest BCUT2D eigenvalue weighted by Crippen LogP contribution is -2.57. The van der Waals surface area contributed by atoms with E-state index in [4.69, 9.17) is 10.5 Å². The first-order chi connectivity index (χ1) is 9.25. The van der Waals surface area contributed by atoms with Crippen LogP contribution in [0.15, 0.2) is 0 Å². The third-order valence-corrected chi connectivity index (χ3v) is 5.25. The second-order valence-electron chi connectivity index (χ2n) is 6.58. The van der Waals surface area contributed by atoms with E-state index in [1.807, 2.05) is 0 Å². The third-order valence-electron chi connectivity index (χ3n) is 5.25. The highest BCUT2D eigenvalue weighted by Gasteiger charge is 2.44. The van der Waals surface area contributed by atoms with Crippen LogP contribution in [0, 0.1) is 5.92 Å². The number of nitrogens with two attached hydrogens (primary N) is 1. The van der Waals surface area contributed by atoms with Crippen molar-refractivity contribution in [2.45, 2.75) is 69.9 Å². The Labute approximate surface area is 118 Å². The molecule has 0 heterocycles. The molecule has 0 unspecified atom stereocenters. The van der Waals surface area contributed by atoms with Gasteiger partial charge in [0.1, 0.15) is 0 Å². The normalized spacial score (nSPS) is 31.9. The van der Waals surface area contributed by atoms with Crippen LogP contribution in [-0.4, -0.2) is 43.3 Å². The van der Waals surface area contributed by atoms with Gasteiger partial charge in [-0.3, -0.25) is 4.90 Å². The van der Waals surface area contributed by atoms with Gasteiger partial charge in [-0.05, 0) is 44.4 Å². The van der Waals surface area contributed by atoms with Gasteiger partial charge >= 0.3 is 0 Å². The van der Waals surface area contributed by atoms with Crippen LogP contribution in [0.4, 0.5) is 0 Å². The Morgan fingerprint density at radius 1 is 1.21 bits per heavy atom. The van der Waals surface area contributed by atoms with Crippen LogP contribution in [0.25, 0.3) is 0 Å². The van der Waals surface area contributed by atoms with E-state index in [0.717, 1.165) is 31.7 Å². The molecular formula is C16H32N2O. The van der Waals surface area contributed by atoms with Crippen molar-refractivity contribution in [3.8, 4) is 0 Å². The van der Waals surface area contributed by atoms with E-state index >= 15 is 0 Å². The predicted octanol–water partition coefficient (Wildman–Crippen LogP) is 2.79. The molecule has 2 saturated carbocycles. The zero-order chi connectivity index (χ0) is 13.7. The van der Waals surface area contributed by atoms with Crippen molar-refractivity contribution in [1.29, 1.82) is 0 Å². The summed E-state index contributed by atoms with van der Waals surface area (Å²) < 4.78 is 5.31. The highest BCUT2D eigenvalue weighted by atomic mass is 16.5. The number of nitrogens with zero attached hydrogens (tertiary/aromatic N) is 1. The third kappa shape index (κ3) is 3.71. The van der Waals surface area contributed by atoms with Crippen LogP contribution in [0.1, 0.15) is 58.3 Å². The highest BCUT2D eigenvalue weighted by molar-refractivity contribution is 5.01. The fraction of sp³-hybridized carbons (Fsp3) is 1.00. The molecule has 0 atom stereocenters. The quantitative estimate of drug-likeness (QED) is 0.735. The standard InChI is InChI=1S/C16H32N2O/c1-3-4-14-7-9-16(13-17,10-8-14)18(11-12-19-2)15-5-6-15/h14-15H,3-13,17H2,1-2H3. The summed E-state index contributed by atoms with van der Waals surface area (Å²) >= 11 is 0. The van der Waals surface area contributed by atoms with Crippen molar-refractivity contribution in [3.05, 3.63) is 0 Å². The lowest BCUT2D eigenvalue weighted by atomic mass is 9.74. The lowest BCUT2D eigenvalue weighted by molar-refractivity contribution is 0.0150. The second-order valence-corrected chi connectivity index (χ2v) is 6.58. The molecule has 0 aliphatic heterocycles. The molecule has 2 N–H and O–H groups in total. The fourth-order valence-corrected chi connectivity index (χ4v) is 3.90. The van der Waals surface area contributed by atoms with Crippen molar-refractivity contribution in [1.82, 2.24) is 4.90 Å². The van der Waals surface area contributed by atoms with E-state index in [1.165, 1.54) is 51.4 Å². The minimum atomic E-state index is 0.282. The van der Waals surface area contributed by atoms with Gasteiger partial charge in [0.2, 0.25) is 0 Å². The lowest BCUT2D eigenvalue weighted by Gasteiger charge is -2.48. The first-order valence-corrected chi connectivity index (χ1v) is 8.21. The zero-order valence-corrected chi connectivity index (χ0v) is 12.9. The molecular weight excluding hydrogens is 236 g/mol. The molecule has 0 bridgehead atoms. The van der Waals surface area contributed by atoms with Crippen LogP contribution in [-0.2, 0) is 4.74 Å². The Morgan fingerprint density at radius 2 is 1.89 bits per heavy atom. The van der Waals surface area contributed by atoms with Gasteiger partial charge in [0.05, 0.1) is 6.61 Å². The fourth-order valence-electron chi connectivity index (χ4n) is 3.90. The number of ether oxygens (including phenoxy) is 1. The Hall–Kier alpha value is -0.120. The second kappa shape index (κ2) is 7.05. The summed E-state index contributed by atoms with van der Waals surface area (Å²) in [6.07, 6.45) is 10.8. The Kier molecular flexibility index (Phi) is 5.67. The maximum absolute atomic E-state index is 6.21. The molecule has 0 aromatic carbocycles. The maximum atomic E-state index is 6.21. The molecule has 0 spiro atoms. The first-order valence-electron chi connectivity index (χ1n) is 8.21. The molecule has 0 saturated heterocycles. The maximum Gasteiger partial charge on any atom is 0.0590 e. The number of hydrogen-bond donors (Lipinski definition) is 1. The summed E-state index contributed by atoms with van der Waals surface area (Å²) in [5, 5.41) is 0. The minimum absolute atomic E-state index is 0.282. The summed E-state index contributed by atoms with van der Waals surface area (Å²) in [5.41, 5.74) is 6.50. The molecule has 2 aliphatic rings. The van der Waals surface area contributed by atoms with Gasteiger partial charge in [0.15, 0.2) is 0 Å². The van der Waals surface area contributed by atoms with Crippen LogP contribution in [0.2, 0.25) is 0 Å². The van der Waals surface area contributed by atoms with E-state index in [1.54, 1.807) is 7.11 Å². The Bertz CT molecular complexity index is 257. The van der Waals surface area contributed by atoms with Gasteiger partial charge in [-0.15, -0.1) is 0 Å². The van der Waals surface area contributed by atoms with Crippen molar-refractivity contribution < 1.29 is 4.74 Å². The largest absolute Gasteiger partial charge is 0.383 e. The molecule has 2 rings (SSSR count). The van der Waals surface area contributed by atoms with Crippen LogP contribution in [0.5, 0.6) is 0 Å². The molecule has 3 nitrogen and oxygen atoms in total. The van der Waals surface area contributed by atoms with Crippen molar-refractivity contribution in [2.24, 2.45) is 11.7 Å². The van der Waals surface area contributed by atoms with Crippen molar-refractivity contribution in [3.63, 3.8) is 0 Å². The van der Waals surface area contributed by atoms with Crippen LogP contribution in [0.3, 0.4) is 0 Å². The summed E-state index contributed by atoms with van der Waals surface area (Å²) in [6, 6.07) is 0.793. The highest BCUT2D eigenvalue weighted by Crippen LogP contribution is 2.42. The summed E-state index contributed by atoms with van der Waals surface area (Å²) in [6.45, 7) is 5.04. The van der Waals surface area contributed by atoms with E-state index in [0.29, 0.717) is 0 Å². The van der Waals surface area contributed by atoms with Gasteiger partial charge in [-0.2, -0.15) is 0 Å². The first kappa shape index (κ1) is 15.3. The van der Waals surface area contributed by atoms with Crippen molar-refractivity contribution in [2.75, 3.05) is 26.8 Å². The minimum Gasteiger partial charge on any atom is -0.383 e. The average Bonchev–Trinajstić information content (AvgIpc) is 3.26. The Morgan fingerprint density at radius 3 is 2.37 bits per heavy atom. The molecule has 0 amide bonds. The number of methoxy groups -OCH3 is 1. The zero-order valence-electron chi connectivity index (χ0n) is 12.9. The van der Waals surface area contributed by atoms with Crippen molar-refractivity contribution >= 4 is 0 Å². The van der Waals surface area contributed by atoms with E-state index < -0.39 is 0 Å². The van der Waals surface area contributed by atoms with E-state index in [-0.39, 0.29) is 5.54 Å². The van der Waals surface area contributed by atoms with Gasteiger partial charge in [-0.25, -0.2) is 0 Å². The van der Waals surface area contributed by atoms with E-state index in [2.05, 4.69) is 11.8 Å². The molecule has 2 fully saturated rings. The Balaban J connectivity index is 1.96. The molecule has 0 aromatic heterocycles. The van der Waals surface area contributed by atoms with Gasteiger partial charge in [-0.1, -0.05) is 19.8 Å². The van der Waals surface area contributed by atoms with Gasteiger partial charge in [0.25, 0.3) is 0 Å². The van der Waals surface area contributed by atoms with Gasteiger partial charge < -0.3 is 10.5 Å². The topological polar surface area (TPSA) is 38.5 Å². The SMILES string of the molecule is CCCC1CCC(CN)(N(CCOC)C2CC2)CC1. The molecule has 112 valence electrons. The molecule has 0 radical (unpaired) electrons. The number of rotatable bonds is 8. The monoisotopic (exact) mass is 268 g/mol. The molecule has 3 heteroatoms. The van der Waals surface area contributed by atoms with Gasteiger partial charge in [0, 0.05) is 31.8 Å². The predicted molar refractivity (Wildman–Crippen MR) is 80.3 cm³/mol. The van der Waals surface area contributed by atoms with E-state index in [9.17, 15) is 0 Å². The molecule has 0 aromatic rings. The summed E-state index contributed by atoms with van der Waals surface area (Å²) in [7, 11) is 1.80. The molecule has 19 heavy (non-hydrogen) atoms. The molecule has 2 aliphatic carbocycles. The smallest absolute Gasteiger partial charge is 0.0590 e.